The van der Waals surface area contributed by atoms with Gasteiger partial charge in [-0.1, -0.05) is 13.8 Å². The van der Waals surface area contributed by atoms with Crippen molar-refractivity contribution >= 4 is 0 Å². The molecule has 0 aromatic carbocycles. The molecule has 0 fully saturated rings. The van der Waals surface area contributed by atoms with E-state index in [9.17, 15) is 0 Å². The van der Waals surface area contributed by atoms with Crippen molar-refractivity contribution in [2.75, 3.05) is 0 Å². The van der Waals surface area contributed by atoms with E-state index in [0.29, 0.717) is 5.92 Å². The largest absolute Gasteiger partial charge is 0.321 e. The molecule has 1 unspecified atom stereocenters. The van der Waals surface area contributed by atoms with Gasteiger partial charge in [0.05, 0.1) is 6.20 Å². The highest BCUT2D eigenvalue weighted by Gasteiger charge is 2.26. The summed E-state index contributed by atoms with van der Waals surface area (Å²) in [5, 5.41) is 4.10. The summed E-state index contributed by atoms with van der Waals surface area (Å²) in [6.07, 6.45) is 3.81. The van der Waals surface area contributed by atoms with Gasteiger partial charge in [-0.2, -0.15) is 5.10 Å². The molecule has 1 aromatic rings. The van der Waals surface area contributed by atoms with Crippen molar-refractivity contribution in [3.8, 4) is 0 Å². The van der Waals surface area contributed by atoms with Crippen molar-refractivity contribution in [2.24, 2.45) is 18.7 Å². The fourth-order valence-corrected chi connectivity index (χ4v) is 1.03. The van der Waals surface area contributed by atoms with Crippen molar-refractivity contribution in [1.82, 2.24) is 9.78 Å². The Kier molecular flexibility index (Phi) is 2.24. The van der Waals surface area contributed by atoms with E-state index in [0.717, 1.165) is 5.56 Å². The third-order valence-corrected chi connectivity index (χ3v) is 2.53. The minimum Gasteiger partial charge on any atom is -0.321 e. The summed E-state index contributed by atoms with van der Waals surface area (Å²) < 4.78 is 1.78. The molecule has 3 nitrogen and oxygen atoms in total. The molecule has 0 saturated heterocycles. The molecule has 0 bridgehead atoms. The van der Waals surface area contributed by atoms with Crippen molar-refractivity contribution in [1.29, 1.82) is 0 Å². The fraction of sp³-hybridized carbons (Fsp3) is 0.667. The second-order valence-corrected chi connectivity index (χ2v) is 3.84. The predicted molar refractivity (Wildman–Crippen MR) is 49.6 cm³/mol. The van der Waals surface area contributed by atoms with Gasteiger partial charge in [-0.15, -0.1) is 0 Å². The van der Waals surface area contributed by atoms with E-state index >= 15 is 0 Å². The van der Waals surface area contributed by atoms with E-state index < -0.39 is 0 Å². The average molecular weight is 167 g/mol. The van der Waals surface area contributed by atoms with Crippen LogP contribution in [0.15, 0.2) is 12.4 Å². The zero-order valence-electron chi connectivity index (χ0n) is 8.20. The molecule has 12 heavy (non-hydrogen) atoms. The van der Waals surface area contributed by atoms with Crippen LogP contribution in [0.3, 0.4) is 0 Å². The minimum absolute atomic E-state index is 0.270. The van der Waals surface area contributed by atoms with Crippen LogP contribution >= 0.6 is 0 Å². The topological polar surface area (TPSA) is 43.8 Å². The summed E-state index contributed by atoms with van der Waals surface area (Å²) in [5.41, 5.74) is 6.97. The quantitative estimate of drug-likeness (QED) is 0.720. The molecule has 3 heteroatoms. The van der Waals surface area contributed by atoms with Crippen molar-refractivity contribution < 1.29 is 0 Å². The summed E-state index contributed by atoms with van der Waals surface area (Å²) >= 11 is 0. The monoisotopic (exact) mass is 167 g/mol. The summed E-state index contributed by atoms with van der Waals surface area (Å²) in [7, 11) is 1.90. The summed E-state index contributed by atoms with van der Waals surface area (Å²) in [6, 6.07) is 0. The third kappa shape index (κ3) is 1.50. The number of rotatable bonds is 2. The number of aryl methyl sites for hydroxylation is 1. The van der Waals surface area contributed by atoms with Gasteiger partial charge in [-0.3, -0.25) is 4.68 Å². The van der Waals surface area contributed by atoms with Crippen LogP contribution in [0.5, 0.6) is 0 Å². The molecule has 1 aromatic heterocycles. The molecule has 0 spiro atoms. The van der Waals surface area contributed by atoms with Crippen molar-refractivity contribution in [3.05, 3.63) is 18.0 Å². The SMILES string of the molecule is CC(C)C(C)(N)c1cnn(C)c1. The molecule has 68 valence electrons. The Labute approximate surface area is 73.6 Å². The molecule has 0 amide bonds. The summed E-state index contributed by atoms with van der Waals surface area (Å²) in [5.74, 6) is 0.418. The number of hydrogen-bond acceptors (Lipinski definition) is 2. The van der Waals surface area contributed by atoms with Gasteiger partial charge in [0.1, 0.15) is 0 Å². The number of nitrogens with two attached hydrogens (primary N) is 1. The molecule has 2 N–H and O–H groups in total. The Morgan fingerprint density at radius 3 is 2.50 bits per heavy atom. The van der Waals surface area contributed by atoms with Gasteiger partial charge in [-0.05, 0) is 12.8 Å². The highest BCUT2D eigenvalue weighted by atomic mass is 15.2. The molecular formula is C9H17N3. The van der Waals surface area contributed by atoms with E-state index in [4.69, 9.17) is 5.73 Å². The first-order valence-electron chi connectivity index (χ1n) is 4.22. The first kappa shape index (κ1) is 9.26. The molecule has 1 rings (SSSR count). The van der Waals surface area contributed by atoms with Gasteiger partial charge in [-0.25, -0.2) is 0 Å². The zero-order valence-corrected chi connectivity index (χ0v) is 8.20. The van der Waals surface area contributed by atoms with Gasteiger partial charge in [0.25, 0.3) is 0 Å². The zero-order chi connectivity index (χ0) is 9.35. The van der Waals surface area contributed by atoms with Gasteiger partial charge < -0.3 is 5.73 Å². The average Bonchev–Trinajstić information content (AvgIpc) is 2.35. The van der Waals surface area contributed by atoms with Crippen LogP contribution in [0.25, 0.3) is 0 Å². The molecule has 0 radical (unpaired) electrons. The molecule has 0 aliphatic heterocycles. The second kappa shape index (κ2) is 2.90. The summed E-state index contributed by atoms with van der Waals surface area (Å²) in [6.45, 7) is 6.27. The maximum atomic E-state index is 6.14. The first-order chi connectivity index (χ1) is 5.44. The predicted octanol–water partition coefficient (Wildman–Crippen LogP) is 1.25. The highest BCUT2D eigenvalue weighted by molar-refractivity contribution is 5.16. The molecule has 0 aliphatic carbocycles. The number of aromatic nitrogens is 2. The third-order valence-electron chi connectivity index (χ3n) is 2.53. The maximum Gasteiger partial charge on any atom is 0.0540 e. The van der Waals surface area contributed by atoms with Gasteiger partial charge in [0.2, 0.25) is 0 Å². The van der Waals surface area contributed by atoms with Crippen LogP contribution in [0, 0.1) is 5.92 Å². The molecule has 1 heterocycles. The lowest BCUT2D eigenvalue weighted by atomic mass is 9.84. The van der Waals surface area contributed by atoms with Crippen molar-refractivity contribution in [3.63, 3.8) is 0 Å². The van der Waals surface area contributed by atoms with Crippen molar-refractivity contribution in [2.45, 2.75) is 26.3 Å². The molecular weight excluding hydrogens is 150 g/mol. The normalized spacial score (nSPS) is 16.5. The number of hydrogen-bond donors (Lipinski definition) is 1. The van der Waals surface area contributed by atoms with E-state index in [1.165, 1.54) is 0 Å². The van der Waals surface area contributed by atoms with E-state index in [1.807, 2.05) is 26.4 Å². The number of nitrogens with zero attached hydrogens (tertiary/aromatic N) is 2. The lowest BCUT2D eigenvalue weighted by molar-refractivity contribution is 0.350. The Morgan fingerprint density at radius 2 is 2.17 bits per heavy atom. The van der Waals surface area contributed by atoms with Gasteiger partial charge >= 0.3 is 0 Å². The Morgan fingerprint density at radius 1 is 1.58 bits per heavy atom. The van der Waals surface area contributed by atoms with Crippen LogP contribution in [-0.2, 0) is 12.6 Å². The minimum atomic E-state index is -0.270. The lowest BCUT2D eigenvalue weighted by Gasteiger charge is -2.27. The van der Waals surface area contributed by atoms with E-state index in [2.05, 4.69) is 18.9 Å². The lowest BCUT2D eigenvalue weighted by Crippen LogP contribution is -2.38. The van der Waals surface area contributed by atoms with E-state index in [1.54, 1.807) is 4.68 Å². The smallest absolute Gasteiger partial charge is 0.0540 e. The molecule has 0 aliphatic rings. The fourth-order valence-electron chi connectivity index (χ4n) is 1.03. The van der Waals surface area contributed by atoms with Crippen LogP contribution in [-0.4, -0.2) is 9.78 Å². The van der Waals surface area contributed by atoms with Gasteiger partial charge in [0, 0.05) is 24.3 Å². The maximum absolute atomic E-state index is 6.14. The van der Waals surface area contributed by atoms with E-state index in [-0.39, 0.29) is 5.54 Å². The Bertz CT molecular complexity index is 260. The molecule has 0 saturated carbocycles. The highest BCUT2D eigenvalue weighted by Crippen LogP contribution is 2.25. The Balaban J connectivity index is 2.97. The van der Waals surface area contributed by atoms with Crippen LogP contribution < -0.4 is 5.73 Å². The standard InChI is InChI=1S/C9H17N3/c1-7(2)9(3,10)8-5-11-12(4)6-8/h5-7H,10H2,1-4H3. The second-order valence-electron chi connectivity index (χ2n) is 3.84. The van der Waals surface area contributed by atoms with Crippen LogP contribution in [0.4, 0.5) is 0 Å². The molecule has 1 atom stereocenters. The van der Waals surface area contributed by atoms with Gasteiger partial charge in [0.15, 0.2) is 0 Å². The van der Waals surface area contributed by atoms with Crippen LogP contribution in [0.2, 0.25) is 0 Å². The van der Waals surface area contributed by atoms with Crippen LogP contribution in [0.1, 0.15) is 26.3 Å². The summed E-state index contributed by atoms with van der Waals surface area (Å²) in [4.78, 5) is 0. The first-order valence-corrected chi connectivity index (χ1v) is 4.22. The Hall–Kier alpha value is -0.830.